The summed E-state index contributed by atoms with van der Waals surface area (Å²) in [5.74, 6) is -0.528. The molecular weight excluding hydrogens is 906 g/mol. The third-order valence-corrected chi connectivity index (χ3v) is 13.8. The number of phenols is 1. The number of likely N-dealkylation sites (tertiary alicyclic amines) is 2. The first-order chi connectivity index (χ1) is 33.6. The number of benzene rings is 5. The van der Waals surface area contributed by atoms with Crippen LogP contribution in [-0.4, -0.2) is 94.1 Å². The van der Waals surface area contributed by atoms with Gasteiger partial charge in [0.2, 0.25) is 11.2 Å². The number of halogens is 1. The number of aromatic amines is 1. The number of carbonyl (C=O) groups is 2. The van der Waals surface area contributed by atoms with Crippen LogP contribution in [0.5, 0.6) is 5.75 Å². The number of aliphatic hydroxyl groups excluding tert-OH is 1. The number of amides is 1. The SMILES string of the molecule is Cl.O=C(Nc1cccc(C(O)(C(=O)OC(C2CCN(Cc3ccccc3)CC2)C2CCN(Cc3ccccc3)CC2)c2ccccc2)c1)OCCCCCNC[C@H](O)c1ccc(O)c2[nH]c(=O)ccc12. The molecule has 2 saturated heterocycles. The highest BCUT2D eigenvalue weighted by Crippen LogP contribution is 2.38. The molecule has 0 radical (unpaired) electrons. The molecule has 370 valence electrons. The fourth-order valence-corrected chi connectivity index (χ4v) is 10.00. The number of hydrogen-bond acceptors (Lipinski definition) is 11. The Kier molecular flexibility index (Phi) is 18.6. The quantitative estimate of drug-likeness (QED) is 0.0319. The number of piperidine rings is 2. The van der Waals surface area contributed by atoms with E-state index in [0.717, 1.165) is 77.8 Å². The van der Waals surface area contributed by atoms with Gasteiger partial charge in [-0.25, -0.2) is 9.59 Å². The molecule has 2 atom stereocenters. The molecule has 13 nitrogen and oxygen atoms in total. The molecule has 8 rings (SSSR count). The van der Waals surface area contributed by atoms with Gasteiger partial charge in [-0.3, -0.25) is 19.9 Å². The molecule has 6 N–H and O–H groups in total. The predicted molar refractivity (Wildman–Crippen MR) is 275 cm³/mol. The first kappa shape index (κ1) is 51.8. The van der Waals surface area contributed by atoms with Crippen molar-refractivity contribution in [2.24, 2.45) is 11.8 Å². The molecule has 2 aliphatic rings. The maximum absolute atomic E-state index is 14.9. The molecule has 0 spiro atoms. The number of carbonyl (C=O) groups excluding carboxylic acids is 2. The average molecular weight is 973 g/mol. The van der Waals surface area contributed by atoms with E-state index in [1.807, 2.05) is 18.2 Å². The van der Waals surface area contributed by atoms with Gasteiger partial charge >= 0.3 is 12.1 Å². The van der Waals surface area contributed by atoms with Gasteiger partial charge in [0.05, 0.1) is 18.2 Å². The van der Waals surface area contributed by atoms with Gasteiger partial charge in [-0.2, -0.15) is 0 Å². The number of anilines is 1. The molecule has 2 fully saturated rings. The van der Waals surface area contributed by atoms with E-state index < -0.39 is 23.8 Å². The van der Waals surface area contributed by atoms with Gasteiger partial charge in [-0.1, -0.05) is 109 Å². The fraction of sp³-hybridized carbons (Fsp3) is 0.375. The Morgan fingerprint density at radius 3 is 1.91 bits per heavy atom. The summed E-state index contributed by atoms with van der Waals surface area (Å²) < 4.78 is 12.2. The second-order valence-electron chi connectivity index (χ2n) is 18.6. The van der Waals surface area contributed by atoms with Gasteiger partial charge in [-0.15, -0.1) is 12.4 Å². The van der Waals surface area contributed by atoms with Crippen molar-refractivity contribution in [3.8, 4) is 5.75 Å². The number of hydrogen-bond donors (Lipinski definition) is 6. The summed E-state index contributed by atoms with van der Waals surface area (Å²) in [4.78, 5) is 47.2. The van der Waals surface area contributed by atoms with Gasteiger partial charge in [-0.05, 0) is 136 Å². The zero-order valence-electron chi connectivity index (χ0n) is 39.6. The van der Waals surface area contributed by atoms with Crippen molar-refractivity contribution in [2.75, 3.05) is 51.2 Å². The Bertz CT molecular complexity index is 2580. The van der Waals surface area contributed by atoms with Gasteiger partial charge in [0.1, 0.15) is 11.9 Å². The van der Waals surface area contributed by atoms with Crippen LogP contribution in [0.1, 0.15) is 78.9 Å². The molecule has 2 aliphatic heterocycles. The Hall–Kier alpha value is -6.06. The number of esters is 1. The summed E-state index contributed by atoms with van der Waals surface area (Å²) >= 11 is 0. The zero-order chi connectivity index (χ0) is 48.0. The Labute approximate surface area is 416 Å². The lowest BCUT2D eigenvalue weighted by atomic mass is 9.79. The van der Waals surface area contributed by atoms with E-state index in [-0.39, 0.29) is 65.9 Å². The lowest BCUT2D eigenvalue weighted by Gasteiger charge is -2.43. The zero-order valence-corrected chi connectivity index (χ0v) is 40.4. The van der Waals surface area contributed by atoms with E-state index in [2.05, 4.69) is 73.9 Å². The topological polar surface area (TPSA) is 177 Å². The number of phenolic OH excluding ortho intramolecular Hbond substituents is 1. The van der Waals surface area contributed by atoms with Crippen molar-refractivity contribution in [3.63, 3.8) is 0 Å². The molecule has 1 amide bonds. The molecular formula is C56H66ClN5O8. The Morgan fingerprint density at radius 1 is 0.714 bits per heavy atom. The largest absolute Gasteiger partial charge is 0.506 e. The first-order valence-electron chi connectivity index (χ1n) is 24.4. The van der Waals surface area contributed by atoms with E-state index >= 15 is 0 Å². The van der Waals surface area contributed by atoms with Crippen LogP contribution in [0.2, 0.25) is 0 Å². The number of aromatic hydroxyl groups is 1. The van der Waals surface area contributed by atoms with E-state index in [9.17, 15) is 29.7 Å². The van der Waals surface area contributed by atoms with Gasteiger partial charge in [0.25, 0.3) is 0 Å². The molecule has 1 aromatic heterocycles. The van der Waals surface area contributed by atoms with Crippen molar-refractivity contribution >= 4 is 41.1 Å². The number of pyridine rings is 1. The van der Waals surface area contributed by atoms with Crippen LogP contribution in [0.3, 0.4) is 0 Å². The van der Waals surface area contributed by atoms with E-state index in [1.54, 1.807) is 60.7 Å². The molecule has 14 heteroatoms. The predicted octanol–water partition coefficient (Wildman–Crippen LogP) is 8.67. The second kappa shape index (κ2) is 25.2. The number of aromatic nitrogens is 1. The molecule has 70 heavy (non-hydrogen) atoms. The second-order valence-corrected chi connectivity index (χ2v) is 18.6. The molecule has 0 aliphatic carbocycles. The monoisotopic (exact) mass is 971 g/mol. The molecule has 0 bridgehead atoms. The number of nitrogens with one attached hydrogen (secondary N) is 3. The van der Waals surface area contributed by atoms with Crippen LogP contribution in [0, 0.1) is 11.8 Å². The average Bonchev–Trinajstić information content (AvgIpc) is 3.38. The van der Waals surface area contributed by atoms with Crippen LogP contribution in [0.15, 0.2) is 144 Å². The highest BCUT2D eigenvalue weighted by molar-refractivity contribution is 5.89. The number of aliphatic hydroxyl groups is 2. The van der Waals surface area contributed by atoms with Crippen molar-refractivity contribution in [1.82, 2.24) is 20.1 Å². The minimum atomic E-state index is -2.16. The van der Waals surface area contributed by atoms with E-state index in [1.165, 1.54) is 23.3 Å². The van der Waals surface area contributed by atoms with Crippen LogP contribution < -0.4 is 16.2 Å². The maximum Gasteiger partial charge on any atom is 0.411 e. The van der Waals surface area contributed by atoms with Crippen molar-refractivity contribution < 1.29 is 34.4 Å². The van der Waals surface area contributed by atoms with Gasteiger partial charge in [0.15, 0.2) is 0 Å². The van der Waals surface area contributed by atoms with Gasteiger partial charge in [0, 0.05) is 42.3 Å². The summed E-state index contributed by atoms with van der Waals surface area (Å²) in [5.41, 5.74) is 1.96. The van der Waals surface area contributed by atoms with Crippen molar-refractivity contribution in [3.05, 3.63) is 178 Å². The smallest absolute Gasteiger partial charge is 0.411 e. The minimum Gasteiger partial charge on any atom is -0.506 e. The van der Waals surface area contributed by atoms with Crippen LogP contribution in [0.4, 0.5) is 10.5 Å². The summed E-state index contributed by atoms with van der Waals surface area (Å²) in [7, 11) is 0. The van der Waals surface area contributed by atoms with E-state index in [0.29, 0.717) is 35.2 Å². The molecule has 3 heterocycles. The van der Waals surface area contributed by atoms with Crippen molar-refractivity contribution in [2.45, 2.75) is 75.8 Å². The number of unbranched alkanes of at least 4 members (excludes halogenated alkanes) is 2. The Morgan fingerprint density at radius 2 is 1.30 bits per heavy atom. The highest BCUT2D eigenvalue weighted by Gasteiger charge is 2.46. The van der Waals surface area contributed by atoms with E-state index in [4.69, 9.17) is 9.47 Å². The third-order valence-electron chi connectivity index (χ3n) is 13.8. The number of H-pyrrole nitrogens is 1. The lowest BCUT2D eigenvalue weighted by Crippen LogP contribution is -2.48. The minimum absolute atomic E-state index is 0. The first-order valence-corrected chi connectivity index (χ1v) is 24.4. The normalized spacial score (nSPS) is 16.3. The number of rotatable bonds is 20. The van der Waals surface area contributed by atoms with Crippen LogP contribution >= 0.6 is 12.4 Å². The molecule has 5 aromatic carbocycles. The number of ether oxygens (including phenoxy) is 2. The lowest BCUT2D eigenvalue weighted by molar-refractivity contribution is -0.177. The van der Waals surface area contributed by atoms with Crippen LogP contribution in [0.25, 0.3) is 10.9 Å². The fourth-order valence-electron chi connectivity index (χ4n) is 10.00. The number of nitrogens with zero attached hydrogens (tertiary/aromatic N) is 2. The van der Waals surface area contributed by atoms with Gasteiger partial charge < -0.3 is 35.1 Å². The molecule has 1 unspecified atom stereocenters. The molecule has 6 aromatic rings. The summed E-state index contributed by atoms with van der Waals surface area (Å²) in [6.45, 7) is 6.40. The Balaban J connectivity index is 0.00000722. The number of fused-ring (bicyclic) bond motifs is 1. The third kappa shape index (κ3) is 13.4. The maximum atomic E-state index is 14.9. The summed E-state index contributed by atoms with van der Waals surface area (Å²) in [6, 6.07) is 42.6. The summed E-state index contributed by atoms with van der Waals surface area (Å²) in [5, 5.41) is 40.4. The van der Waals surface area contributed by atoms with Crippen molar-refractivity contribution in [1.29, 1.82) is 0 Å². The standard InChI is InChI=1S/C56H65N5O8.ClH/c62-49-24-22-47(48-23-25-51(64)59-52(48)49)50(63)37-57-30-11-4-12-35-68-55(66)58-46-21-13-20-45(36-46)56(67,44-18-9-3-10-19-44)54(65)69-53(42-26-31-60(32-27-42)38-40-14-5-1-6-15-40)43-28-33-61(34-29-43)39-41-16-7-2-8-17-41;/h1-3,5-10,13-25,36,42-43,50,53,57,62-63,67H,4,11-12,26-35,37-39H2,(H,58,66)(H,59,64);1H/t50-,56?;/m0./s1. The molecule has 0 saturated carbocycles. The summed E-state index contributed by atoms with van der Waals surface area (Å²) in [6.07, 6.45) is 3.80. The van der Waals surface area contributed by atoms with Crippen LogP contribution in [-0.2, 0) is 33.0 Å². The highest BCUT2D eigenvalue weighted by atomic mass is 35.5.